The van der Waals surface area contributed by atoms with Gasteiger partial charge in [0.2, 0.25) is 5.95 Å². The van der Waals surface area contributed by atoms with E-state index in [-0.39, 0.29) is 11.5 Å². The second-order valence-electron chi connectivity index (χ2n) is 4.44. The van der Waals surface area contributed by atoms with Gasteiger partial charge in [0.25, 0.3) is 5.56 Å². The minimum absolute atomic E-state index is 0.0363. The number of nitrogen functional groups attached to an aromatic ring is 1. The summed E-state index contributed by atoms with van der Waals surface area (Å²) in [5, 5.41) is 22.3. The van der Waals surface area contributed by atoms with E-state index >= 15 is 0 Å². The maximum atomic E-state index is 11.8. The molecule has 1 aliphatic rings. The topological polar surface area (TPSA) is 127 Å². The molecule has 3 unspecified atom stereocenters. The summed E-state index contributed by atoms with van der Waals surface area (Å²) in [7, 11) is 1.67. The molecule has 0 amide bonds. The van der Waals surface area contributed by atoms with Crippen LogP contribution in [-0.4, -0.2) is 52.0 Å². The molecule has 1 aliphatic heterocycles. The summed E-state index contributed by atoms with van der Waals surface area (Å²) in [6.45, 7) is 1.87. The van der Waals surface area contributed by atoms with E-state index in [1.165, 1.54) is 6.92 Å². The molecule has 18 heavy (non-hydrogen) atoms. The third-order valence-electron chi connectivity index (χ3n) is 3.13. The Morgan fingerprint density at radius 2 is 2.22 bits per heavy atom. The lowest BCUT2D eigenvalue weighted by Gasteiger charge is -2.38. The van der Waals surface area contributed by atoms with Crippen LogP contribution in [0.4, 0.5) is 17.5 Å². The highest BCUT2D eigenvalue weighted by Gasteiger charge is 2.33. The molecule has 2 heterocycles. The van der Waals surface area contributed by atoms with Crippen LogP contribution in [0.2, 0.25) is 0 Å². The van der Waals surface area contributed by atoms with Crippen molar-refractivity contribution in [1.82, 2.24) is 9.97 Å². The Hall–Kier alpha value is -1.80. The third-order valence-corrected chi connectivity index (χ3v) is 3.13. The van der Waals surface area contributed by atoms with E-state index in [0.29, 0.717) is 18.1 Å². The van der Waals surface area contributed by atoms with Crippen LogP contribution in [0.5, 0.6) is 0 Å². The molecule has 3 atom stereocenters. The van der Waals surface area contributed by atoms with Crippen molar-refractivity contribution < 1.29 is 10.2 Å². The number of likely N-dealkylation sites (N-methyl/N-ethyl adjacent to an activating group) is 1. The zero-order valence-electron chi connectivity index (χ0n) is 10.2. The highest BCUT2D eigenvalue weighted by molar-refractivity contribution is 5.68. The zero-order chi connectivity index (χ0) is 13.4. The van der Waals surface area contributed by atoms with Crippen LogP contribution in [0.1, 0.15) is 6.92 Å². The maximum absolute atomic E-state index is 11.8. The van der Waals surface area contributed by atoms with Gasteiger partial charge < -0.3 is 26.2 Å². The first-order chi connectivity index (χ1) is 8.41. The van der Waals surface area contributed by atoms with Gasteiger partial charge in [0.1, 0.15) is 11.8 Å². The fraction of sp³-hybridized carbons (Fsp3) is 0.600. The molecule has 1 aromatic heterocycles. The van der Waals surface area contributed by atoms with Gasteiger partial charge in [0.05, 0.1) is 12.1 Å². The summed E-state index contributed by atoms with van der Waals surface area (Å²) in [4.78, 5) is 19.8. The largest absolute Gasteiger partial charge is 0.391 e. The Balaban J connectivity index is 2.39. The average molecular weight is 255 g/mol. The van der Waals surface area contributed by atoms with Crippen molar-refractivity contribution in [2.45, 2.75) is 25.2 Å². The molecule has 0 radical (unpaired) electrons. The van der Waals surface area contributed by atoms with Crippen LogP contribution in [0, 0.1) is 0 Å². The molecule has 100 valence electrons. The smallest absolute Gasteiger partial charge is 0.278 e. The SMILES string of the molecule is CC(O)C(O)C1CNc2nc(N)[nH]c(=O)c2N1C. The van der Waals surface area contributed by atoms with Crippen LogP contribution >= 0.6 is 0 Å². The number of hydrogen-bond acceptors (Lipinski definition) is 7. The first-order valence-electron chi connectivity index (χ1n) is 5.64. The summed E-state index contributed by atoms with van der Waals surface area (Å²) >= 11 is 0. The van der Waals surface area contributed by atoms with Crippen molar-refractivity contribution in [3.05, 3.63) is 10.4 Å². The number of rotatable bonds is 2. The molecule has 8 nitrogen and oxygen atoms in total. The molecule has 1 aromatic rings. The highest BCUT2D eigenvalue weighted by atomic mass is 16.3. The lowest BCUT2D eigenvalue weighted by atomic mass is 10.0. The van der Waals surface area contributed by atoms with Crippen molar-refractivity contribution in [3.63, 3.8) is 0 Å². The standard InChI is InChI=1S/C10H17N5O3/c1-4(16)7(17)5-3-12-8-6(15(5)2)9(18)14-10(11)13-8/h4-5,7,16-17H,3H2,1-2H3,(H4,11,12,13,14,18). The number of fused-ring (bicyclic) bond motifs is 1. The van der Waals surface area contributed by atoms with E-state index in [0.717, 1.165) is 0 Å². The Morgan fingerprint density at radius 3 is 2.83 bits per heavy atom. The molecule has 6 N–H and O–H groups in total. The summed E-state index contributed by atoms with van der Waals surface area (Å²) in [6, 6.07) is -0.413. The van der Waals surface area contributed by atoms with Gasteiger partial charge in [-0.05, 0) is 6.92 Å². The summed E-state index contributed by atoms with van der Waals surface area (Å²) in [5.74, 6) is 0.418. The predicted molar refractivity (Wildman–Crippen MR) is 67.6 cm³/mol. The molecule has 0 saturated carbocycles. The number of aliphatic hydroxyl groups is 2. The summed E-state index contributed by atoms with van der Waals surface area (Å²) < 4.78 is 0. The van der Waals surface area contributed by atoms with Gasteiger partial charge in [-0.25, -0.2) is 0 Å². The van der Waals surface area contributed by atoms with Gasteiger partial charge in [-0.2, -0.15) is 4.98 Å². The number of nitrogens with one attached hydrogen (secondary N) is 2. The Kier molecular flexibility index (Phi) is 3.14. The Morgan fingerprint density at radius 1 is 1.56 bits per heavy atom. The number of H-pyrrole nitrogens is 1. The van der Waals surface area contributed by atoms with Gasteiger partial charge >= 0.3 is 0 Å². The lowest BCUT2D eigenvalue weighted by Crippen LogP contribution is -2.54. The molecule has 0 aliphatic carbocycles. The first-order valence-corrected chi connectivity index (χ1v) is 5.64. The van der Waals surface area contributed by atoms with E-state index in [9.17, 15) is 15.0 Å². The second kappa shape index (κ2) is 4.46. The normalized spacial score (nSPS) is 22.0. The van der Waals surface area contributed by atoms with Gasteiger partial charge in [-0.15, -0.1) is 0 Å². The zero-order valence-corrected chi connectivity index (χ0v) is 10.2. The number of aromatic amines is 1. The quantitative estimate of drug-likeness (QED) is 0.427. The first kappa shape index (κ1) is 12.7. The number of aliphatic hydroxyl groups excluding tert-OH is 2. The molecule has 0 fully saturated rings. The fourth-order valence-electron chi connectivity index (χ4n) is 2.11. The monoisotopic (exact) mass is 255 g/mol. The third kappa shape index (κ3) is 2.00. The van der Waals surface area contributed by atoms with Gasteiger partial charge in [0.15, 0.2) is 5.82 Å². The summed E-state index contributed by atoms with van der Waals surface area (Å²) in [5.41, 5.74) is 5.38. The minimum Gasteiger partial charge on any atom is -0.391 e. The van der Waals surface area contributed by atoms with Crippen molar-refractivity contribution in [2.24, 2.45) is 0 Å². The van der Waals surface area contributed by atoms with E-state index < -0.39 is 18.2 Å². The predicted octanol–water partition coefficient (Wildman–Crippen LogP) is -1.68. The molecule has 2 rings (SSSR count). The number of aromatic nitrogens is 2. The highest BCUT2D eigenvalue weighted by Crippen LogP contribution is 2.26. The average Bonchev–Trinajstić information content (AvgIpc) is 2.27. The van der Waals surface area contributed by atoms with Gasteiger partial charge in [-0.1, -0.05) is 0 Å². The Bertz CT molecular complexity index is 501. The minimum atomic E-state index is -0.965. The molecule has 0 aromatic carbocycles. The second-order valence-corrected chi connectivity index (χ2v) is 4.44. The fourth-order valence-corrected chi connectivity index (χ4v) is 2.11. The number of anilines is 3. The van der Waals surface area contributed by atoms with E-state index in [1.807, 2.05) is 0 Å². The number of nitrogens with two attached hydrogens (primary N) is 1. The molecule has 0 saturated heterocycles. The molecule has 8 heteroatoms. The maximum Gasteiger partial charge on any atom is 0.278 e. The van der Waals surface area contributed by atoms with E-state index in [4.69, 9.17) is 5.73 Å². The molecule has 0 spiro atoms. The van der Waals surface area contributed by atoms with Crippen molar-refractivity contribution in [3.8, 4) is 0 Å². The van der Waals surface area contributed by atoms with E-state index in [2.05, 4.69) is 15.3 Å². The van der Waals surface area contributed by atoms with Gasteiger partial charge in [-0.3, -0.25) is 9.78 Å². The Labute approximate surface area is 103 Å². The van der Waals surface area contributed by atoms with Crippen molar-refractivity contribution in [2.75, 3.05) is 29.5 Å². The summed E-state index contributed by atoms with van der Waals surface area (Å²) in [6.07, 6.45) is -1.85. The van der Waals surface area contributed by atoms with Crippen LogP contribution in [-0.2, 0) is 0 Å². The number of nitrogens with zero attached hydrogens (tertiary/aromatic N) is 2. The van der Waals surface area contributed by atoms with Crippen molar-refractivity contribution >= 4 is 17.5 Å². The number of hydrogen-bond donors (Lipinski definition) is 5. The van der Waals surface area contributed by atoms with Crippen LogP contribution < -0.4 is 21.5 Å². The van der Waals surface area contributed by atoms with E-state index in [1.54, 1.807) is 11.9 Å². The molecular weight excluding hydrogens is 238 g/mol. The van der Waals surface area contributed by atoms with Gasteiger partial charge in [0, 0.05) is 13.6 Å². The molecule has 0 bridgehead atoms. The van der Waals surface area contributed by atoms with Crippen molar-refractivity contribution in [1.29, 1.82) is 0 Å². The van der Waals surface area contributed by atoms with Crippen LogP contribution in [0.3, 0.4) is 0 Å². The van der Waals surface area contributed by atoms with Crippen LogP contribution in [0.25, 0.3) is 0 Å². The van der Waals surface area contributed by atoms with Crippen LogP contribution in [0.15, 0.2) is 4.79 Å². The lowest BCUT2D eigenvalue weighted by molar-refractivity contribution is 0.0162. The molecular formula is C10H17N5O3.